The van der Waals surface area contributed by atoms with Crippen LogP contribution in [-0.2, 0) is 27.3 Å². The summed E-state index contributed by atoms with van der Waals surface area (Å²) >= 11 is 1.43. The first-order valence-corrected chi connectivity index (χ1v) is 9.75. The third-order valence-corrected chi connectivity index (χ3v) is 4.82. The number of carbonyl (C=O) groups is 2. The lowest BCUT2D eigenvalue weighted by molar-refractivity contribution is -0.144. The van der Waals surface area contributed by atoms with E-state index in [1.165, 1.54) is 18.9 Å². The Hall–Kier alpha value is -2.94. The molecule has 0 spiro atoms. The fourth-order valence-corrected chi connectivity index (χ4v) is 3.13. The number of thioether (sulfide) groups is 1. The van der Waals surface area contributed by atoms with Crippen molar-refractivity contribution in [2.24, 2.45) is 0 Å². The molecule has 0 bridgehead atoms. The molecule has 2 aromatic heterocycles. The maximum absolute atomic E-state index is 12.4. The summed E-state index contributed by atoms with van der Waals surface area (Å²) in [7, 11) is 1.32. The van der Waals surface area contributed by atoms with E-state index in [9.17, 15) is 9.59 Å². The van der Waals surface area contributed by atoms with E-state index in [4.69, 9.17) is 9.47 Å². The lowest BCUT2D eigenvalue weighted by Gasteiger charge is -2.10. The summed E-state index contributed by atoms with van der Waals surface area (Å²) in [5.41, 5.74) is 3.40. The van der Waals surface area contributed by atoms with Crippen molar-refractivity contribution in [3.05, 3.63) is 52.3 Å². The highest BCUT2D eigenvalue weighted by atomic mass is 32.2. The topological polar surface area (TPSA) is 95.7 Å². The van der Waals surface area contributed by atoms with Gasteiger partial charge in [0.25, 0.3) is 5.78 Å². The van der Waals surface area contributed by atoms with Gasteiger partial charge in [-0.05, 0) is 37.8 Å². The fourth-order valence-electron chi connectivity index (χ4n) is 2.80. The molecule has 146 valence electrons. The third-order valence-electron chi connectivity index (χ3n) is 4.28. The number of hydrogen-bond donors (Lipinski definition) is 0. The van der Waals surface area contributed by atoms with Gasteiger partial charge in [-0.1, -0.05) is 23.9 Å². The van der Waals surface area contributed by atoms with Gasteiger partial charge in [-0.25, -0.2) is 14.3 Å². The van der Waals surface area contributed by atoms with Crippen molar-refractivity contribution in [1.82, 2.24) is 19.6 Å². The lowest BCUT2D eigenvalue weighted by Crippen LogP contribution is -2.13. The van der Waals surface area contributed by atoms with E-state index in [1.54, 1.807) is 28.8 Å². The summed E-state index contributed by atoms with van der Waals surface area (Å²) in [6.07, 6.45) is 1.97. The minimum absolute atomic E-state index is 0.0668. The monoisotopic (exact) mass is 400 g/mol. The van der Waals surface area contributed by atoms with Gasteiger partial charge in [-0.2, -0.15) is 4.98 Å². The number of benzene rings is 1. The zero-order valence-corrected chi connectivity index (χ0v) is 16.9. The average Bonchev–Trinajstić information content (AvgIpc) is 3.12. The molecular weight excluding hydrogens is 380 g/mol. The van der Waals surface area contributed by atoms with Crippen molar-refractivity contribution in [2.75, 3.05) is 13.4 Å². The second-order valence-electron chi connectivity index (χ2n) is 6.10. The van der Waals surface area contributed by atoms with Crippen LogP contribution in [0.25, 0.3) is 5.78 Å². The standard InChI is InChI=1S/C19H20N4O4S/c1-11-15(12(2)23-18(20-11)21-19(22-23)28-4)9-16(24)27-10-13-6-5-7-14(8-13)17(25)26-3/h5-8H,9-10H2,1-4H3. The van der Waals surface area contributed by atoms with Gasteiger partial charge in [0, 0.05) is 17.0 Å². The Labute approximate surface area is 166 Å². The summed E-state index contributed by atoms with van der Waals surface area (Å²) in [4.78, 5) is 32.7. The predicted molar refractivity (Wildman–Crippen MR) is 103 cm³/mol. The van der Waals surface area contributed by atoms with E-state index in [2.05, 4.69) is 15.1 Å². The smallest absolute Gasteiger partial charge is 0.337 e. The van der Waals surface area contributed by atoms with Crippen LogP contribution in [0.1, 0.15) is 32.9 Å². The highest BCUT2D eigenvalue weighted by Gasteiger charge is 2.17. The zero-order chi connectivity index (χ0) is 20.3. The van der Waals surface area contributed by atoms with E-state index < -0.39 is 5.97 Å². The molecule has 0 aliphatic carbocycles. The molecule has 0 aliphatic heterocycles. The molecule has 0 fully saturated rings. The van der Waals surface area contributed by atoms with Crippen molar-refractivity contribution >= 4 is 29.5 Å². The Kier molecular flexibility index (Phi) is 5.93. The first-order valence-electron chi connectivity index (χ1n) is 8.52. The minimum atomic E-state index is -0.434. The van der Waals surface area contributed by atoms with Crippen LogP contribution in [0.15, 0.2) is 29.4 Å². The normalized spacial score (nSPS) is 10.9. The van der Waals surface area contributed by atoms with Gasteiger partial charge in [0.15, 0.2) is 0 Å². The maximum Gasteiger partial charge on any atom is 0.337 e. The molecule has 9 heteroatoms. The van der Waals surface area contributed by atoms with Crippen LogP contribution in [0.4, 0.5) is 0 Å². The molecule has 0 radical (unpaired) electrons. The summed E-state index contributed by atoms with van der Waals surface area (Å²) in [5.74, 6) is -0.312. The molecule has 0 N–H and O–H groups in total. The number of carbonyl (C=O) groups excluding carboxylic acids is 2. The van der Waals surface area contributed by atoms with Crippen molar-refractivity contribution in [1.29, 1.82) is 0 Å². The fraction of sp³-hybridized carbons (Fsp3) is 0.316. The van der Waals surface area contributed by atoms with Crippen molar-refractivity contribution in [2.45, 2.75) is 32.0 Å². The number of ether oxygens (including phenoxy) is 2. The molecule has 0 saturated carbocycles. The molecule has 0 atom stereocenters. The quantitative estimate of drug-likeness (QED) is 0.460. The van der Waals surface area contributed by atoms with Gasteiger partial charge < -0.3 is 9.47 Å². The van der Waals surface area contributed by atoms with Crippen molar-refractivity contribution in [3.63, 3.8) is 0 Å². The molecule has 0 aliphatic rings. The second-order valence-corrected chi connectivity index (χ2v) is 6.87. The molecule has 3 aromatic rings. The second kappa shape index (κ2) is 8.39. The molecule has 1 aromatic carbocycles. The maximum atomic E-state index is 12.4. The number of methoxy groups -OCH3 is 1. The molecule has 28 heavy (non-hydrogen) atoms. The number of esters is 2. The summed E-state index contributed by atoms with van der Waals surface area (Å²) in [5, 5.41) is 5.00. The number of rotatable bonds is 6. The summed E-state index contributed by atoms with van der Waals surface area (Å²) in [6.45, 7) is 3.78. The van der Waals surface area contributed by atoms with Gasteiger partial charge in [-0.3, -0.25) is 4.79 Å². The average molecular weight is 400 g/mol. The number of fused-ring (bicyclic) bond motifs is 1. The Bertz CT molecular complexity index is 1050. The predicted octanol–water partition coefficient (Wildman–Crippen LogP) is 2.54. The molecule has 0 amide bonds. The highest BCUT2D eigenvalue weighted by molar-refractivity contribution is 7.98. The Morgan fingerprint density at radius 2 is 2.00 bits per heavy atom. The van der Waals surface area contributed by atoms with Gasteiger partial charge in [0.2, 0.25) is 5.16 Å². The van der Waals surface area contributed by atoms with Gasteiger partial charge >= 0.3 is 11.9 Å². The van der Waals surface area contributed by atoms with Crippen LogP contribution >= 0.6 is 11.8 Å². The van der Waals surface area contributed by atoms with E-state index >= 15 is 0 Å². The third kappa shape index (κ3) is 4.14. The number of hydrogen-bond acceptors (Lipinski definition) is 8. The number of nitrogens with zero attached hydrogens (tertiary/aromatic N) is 4. The van der Waals surface area contributed by atoms with E-state index in [0.717, 1.165) is 17.0 Å². The van der Waals surface area contributed by atoms with E-state index in [-0.39, 0.29) is 19.0 Å². The van der Waals surface area contributed by atoms with Crippen molar-refractivity contribution in [3.8, 4) is 0 Å². The largest absolute Gasteiger partial charge is 0.465 e. The zero-order valence-electron chi connectivity index (χ0n) is 16.1. The molecule has 0 unspecified atom stereocenters. The minimum Gasteiger partial charge on any atom is -0.465 e. The van der Waals surface area contributed by atoms with Crippen LogP contribution in [0.3, 0.4) is 0 Å². The first-order chi connectivity index (χ1) is 13.4. The first kappa shape index (κ1) is 19.8. The number of aryl methyl sites for hydroxylation is 2. The van der Waals surface area contributed by atoms with Crippen LogP contribution in [0.2, 0.25) is 0 Å². The van der Waals surface area contributed by atoms with Gasteiger partial charge in [0.1, 0.15) is 6.61 Å². The van der Waals surface area contributed by atoms with Gasteiger partial charge in [-0.15, -0.1) is 5.10 Å². The van der Waals surface area contributed by atoms with Crippen LogP contribution in [0.5, 0.6) is 0 Å². The molecular formula is C19H20N4O4S. The Balaban J connectivity index is 1.72. The molecule has 3 rings (SSSR count). The summed E-state index contributed by atoms with van der Waals surface area (Å²) in [6, 6.07) is 6.78. The molecule has 8 nitrogen and oxygen atoms in total. The number of aromatic nitrogens is 4. The van der Waals surface area contributed by atoms with E-state index in [0.29, 0.717) is 22.1 Å². The summed E-state index contributed by atoms with van der Waals surface area (Å²) < 4.78 is 11.7. The molecule has 0 saturated heterocycles. The van der Waals surface area contributed by atoms with Crippen LogP contribution in [-0.4, -0.2) is 44.9 Å². The lowest BCUT2D eigenvalue weighted by atomic mass is 10.1. The van der Waals surface area contributed by atoms with Gasteiger partial charge in [0.05, 0.1) is 19.1 Å². The Morgan fingerprint density at radius 1 is 1.21 bits per heavy atom. The SMILES string of the molecule is COC(=O)c1cccc(COC(=O)Cc2c(C)nc3nc(SC)nn3c2C)c1. The molecule has 2 heterocycles. The Morgan fingerprint density at radius 3 is 2.71 bits per heavy atom. The van der Waals surface area contributed by atoms with Crippen LogP contribution < -0.4 is 0 Å². The highest BCUT2D eigenvalue weighted by Crippen LogP contribution is 2.18. The van der Waals surface area contributed by atoms with E-state index in [1.807, 2.05) is 20.1 Å². The van der Waals surface area contributed by atoms with Crippen molar-refractivity contribution < 1.29 is 19.1 Å². The van der Waals surface area contributed by atoms with Crippen LogP contribution in [0, 0.1) is 13.8 Å².